The Labute approximate surface area is 124 Å². The predicted molar refractivity (Wildman–Crippen MR) is 83.5 cm³/mol. The van der Waals surface area contributed by atoms with Crippen LogP contribution in [0, 0.1) is 0 Å². The van der Waals surface area contributed by atoms with Crippen molar-refractivity contribution >= 4 is 24.0 Å². The summed E-state index contributed by atoms with van der Waals surface area (Å²) in [6.07, 6.45) is 8.13. The first-order chi connectivity index (χ1) is 9.39. The third kappa shape index (κ3) is 2.38. The summed E-state index contributed by atoms with van der Waals surface area (Å²) in [5.41, 5.74) is 2.00. The van der Waals surface area contributed by atoms with Crippen molar-refractivity contribution in [1.82, 2.24) is 4.98 Å². The number of nitrogens with zero attached hydrogens (tertiary/aromatic N) is 1. The molecule has 3 nitrogen and oxygen atoms in total. The van der Waals surface area contributed by atoms with Crippen LogP contribution in [0.15, 0.2) is 29.2 Å². The van der Waals surface area contributed by atoms with Gasteiger partial charge in [0.2, 0.25) is 0 Å². The lowest BCUT2D eigenvalue weighted by Crippen LogP contribution is -2.41. The molecule has 0 saturated carbocycles. The topological polar surface area (TPSA) is 31.4 Å². The van der Waals surface area contributed by atoms with Gasteiger partial charge in [0.05, 0.1) is 11.2 Å². The summed E-state index contributed by atoms with van der Waals surface area (Å²) in [4.78, 5) is 4.37. The smallest absolute Gasteiger partial charge is 0.400 e. The molecule has 1 fully saturated rings. The lowest BCUT2D eigenvalue weighted by molar-refractivity contribution is 0.00578. The maximum atomic E-state index is 6.10. The fourth-order valence-electron chi connectivity index (χ4n) is 2.40. The van der Waals surface area contributed by atoms with E-state index in [2.05, 4.69) is 44.8 Å². The Balaban J connectivity index is 1.78. The van der Waals surface area contributed by atoms with Crippen LogP contribution in [0.1, 0.15) is 45.5 Å². The third-order valence-corrected chi connectivity index (χ3v) is 5.29. The zero-order chi connectivity index (χ0) is 14.4. The van der Waals surface area contributed by atoms with Gasteiger partial charge in [-0.25, -0.2) is 4.98 Å². The minimum atomic E-state index is -0.266. The van der Waals surface area contributed by atoms with Gasteiger partial charge in [-0.2, -0.15) is 0 Å². The standard InChI is InChI=1S/C15H20BNO2S/c1-14(2)15(3,4)19-16(18-14)12-7-5-11(6-8-12)13-17-9-10-20-13/h5,7,9-10H,6,8H2,1-4H3. The Kier molecular flexibility index (Phi) is 3.39. The predicted octanol–water partition coefficient (Wildman–Crippen LogP) is 3.88. The number of thiazole rings is 1. The van der Waals surface area contributed by atoms with Gasteiger partial charge in [-0.3, -0.25) is 0 Å². The molecule has 1 saturated heterocycles. The number of allylic oxidation sites excluding steroid dienone is 4. The maximum absolute atomic E-state index is 6.10. The average Bonchev–Trinajstić information content (AvgIpc) is 2.97. The SMILES string of the molecule is CC1(C)OB(C2=CC=C(c3nccs3)CC2)OC1(C)C. The Morgan fingerprint density at radius 3 is 2.30 bits per heavy atom. The van der Waals surface area contributed by atoms with Crippen LogP contribution in [0.5, 0.6) is 0 Å². The van der Waals surface area contributed by atoms with Crippen molar-refractivity contribution in [2.75, 3.05) is 0 Å². The van der Waals surface area contributed by atoms with E-state index in [0.717, 1.165) is 17.8 Å². The monoisotopic (exact) mass is 289 g/mol. The van der Waals surface area contributed by atoms with Crippen LogP contribution in [0.25, 0.3) is 5.57 Å². The van der Waals surface area contributed by atoms with E-state index in [1.807, 2.05) is 11.6 Å². The van der Waals surface area contributed by atoms with Crippen molar-refractivity contribution in [3.05, 3.63) is 34.2 Å². The minimum Gasteiger partial charge on any atom is -0.400 e. The Morgan fingerprint density at radius 2 is 1.80 bits per heavy atom. The number of rotatable bonds is 2. The van der Waals surface area contributed by atoms with E-state index in [4.69, 9.17) is 9.31 Å². The zero-order valence-corrected chi connectivity index (χ0v) is 13.3. The van der Waals surface area contributed by atoms with Crippen LogP contribution < -0.4 is 0 Å². The molecule has 106 valence electrons. The Morgan fingerprint density at radius 1 is 1.10 bits per heavy atom. The van der Waals surface area contributed by atoms with Crippen molar-refractivity contribution in [3.63, 3.8) is 0 Å². The number of hydrogen-bond donors (Lipinski definition) is 0. The number of hydrogen-bond acceptors (Lipinski definition) is 4. The highest BCUT2D eigenvalue weighted by molar-refractivity contribution is 7.10. The summed E-state index contributed by atoms with van der Waals surface area (Å²) in [6.45, 7) is 8.36. The molecule has 0 unspecified atom stereocenters. The molecule has 1 aromatic heterocycles. The fraction of sp³-hybridized carbons (Fsp3) is 0.533. The molecule has 2 heterocycles. The van der Waals surface area contributed by atoms with Crippen LogP contribution >= 0.6 is 11.3 Å². The van der Waals surface area contributed by atoms with Crippen molar-refractivity contribution in [2.45, 2.75) is 51.7 Å². The van der Waals surface area contributed by atoms with Gasteiger partial charge in [-0.1, -0.05) is 12.2 Å². The molecule has 3 rings (SSSR count). The zero-order valence-electron chi connectivity index (χ0n) is 12.5. The first kappa shape index (κ1) is 14.0. The van der Waals surface area contributed by atoms with E-state index in [1.54, 1.807) is 11.3 Å². The molecule has 20 heavy (non-hydrogen) atoms. The number of aromatic nitrogens is 1. The maximum Gasteiger partial charge on any atom is 0.490 e. The van der Waals surface area contributed by atoms with Crippen LogP contribution in [-0.4, -0.2) is 23.3 Å². The molecule has 2 aliphatic rings. The van der Waals surface area contributed by atoms with Crippen molar-refractivity contribution in [3.8, 4) is 0 Å². The second kappa shape index (κ2) is 4.83. The van der Waals surface area contributed by atoms with Gasteiger partial charge in [-0.05, 0) is 51.6 Å². The van der Waals surface area contributed by atoms with Crippen LogP contribution in [0.4, 0.5) is 0 Å². The summed E-state index contributed by atoms with van der Waals surface area (Å²) < 4.78 is 12.2. The molecule has 0 amide bonds. The van der Waals surface area contributed by atoms with Crippen LogP contribution in [0.2, 0.25) is 0 Å². The van der Waals surface area contributed by atoms with Crippen molar-refractivity contribution < 1.29 is 9.31 Å². The van der Waals surface area contributed by atoms with E-state index in [1.165, 1.54) is 11.0 Å². The van der Waals surface area contributed by atoms with Gasteiger partial charge in [-0.15, -0.1) is 11.3 Å². The van der Waals surface area contributed by atoms with Gasteiger partial charge in [0, 0.05) is 11.6 Å². The summed E-state index contributed by atoms with van der Waals surface area (Å²) in [7, 11) is -0.214. The molecule has 1 aromatic rings. The van der Waals surface area contributed by atoms with Gasteiger partial charge < -0.3 is 9.31 Å². The van der Waals surface area contributed by atoms with Gasteiger partial charge >= 0.3 is 7.12 Å². The van der Waals surface area contributed by atoms with Crippen LogP contribution in [0.3, 0.4) is 0 Å². The molecule has 5 heteroatoms. The molecule has 1 aliphatic carbocycles. The highest BCUT2D eigenvalue weighted by atomic mass is 32.1. The molecular formula is C15H20BNO2S. The molecular weight excluding hydrogens is 269 g/mol. The molecule has 1 aliphatic heterocycles. The van der Waals surface area contributed by atoms with Crippen molar-refractivity contribution in [2.24, 2.45) is 0 Å². The Hall–Kier alpha value is -0.905. The normalized spacial score (nSPS) is 24.5. The lowest BCUT2D eigenvalue weighted by atomic mass is 9.73. The van der Waals surface area contributed by atoms with Gasteiger partial charge in [0.25, 0.3) is 0 Å². The highest BCUT2D eigenvalue weighted by Gasteiger charge is 2.52. The summed E-state index contributed by atoms with van der Waals surface area (Å²) >= 11 is 1.69. The minimum absolute atomic E-state index is 0.214. The van der Waals surface area contributed by atoms with E-state index in [-0.39, 0.29) is 18.3 Å². The molecule has 0 radical (unpaired) electrons. The molecule has 0 spiro atoms. The first-order valence-corrected chi connectivity index (χ1v) is 7.92. The average molecular weight is 289 g/mol. The third-order valence-electron chi connectivity index (χ3n) is 4.44. The fourth-order valence-corrected chi connectivity index (χ4v) is 3.10. The summed E-state index contributed by atoms with van der Waals surface area (Å²) in [5, 5.41) is 3.14. The first-order valence-electron chi connectivity index (χ1n) is 7.04. The van der Waals surface area contributed by atoms with Gasteiger partial charge in [0.15, 0.2) is 0 Å². The van der Waals surface area contributed by atoms with Crippen molar-refractivity contribution in [1.29, 1.82) is 0 Å². The summed E-state index contributed by atoms with van der Waals surface area (Å²) in [5.74, 6) is 0. The van der Waals surface area contributed by atoms with E-state index < -0.39 is 0 Å². The molecule has 0 atom stereocenters. The van der Waals surface area contributed by atoms with E-state index in [0.29, 0.717) is 0 Å². The van der Waals surface area contributed by atoms with E-state index in [9.17, 15) is 0 Å². The molecule has 0 N–H and O–H groups in total. The van der Waals surface area contributed by atoms with Gasteiger partial charge in [0.1, 0.15) is 5.01 Å². The molecule has 0 bridgehead atoms. The second-order valence-corrected chi connectivity index (χ2v) is 7.25. The van der Waals surface area contributed by atoms with E-state index >= 15 is 0 Å². The molecule has 0 aromatic carbocycles. The second-order valence-electron chi connectivity index (χ2n) is 6.36. The highest BCUT2D eigenvalue weighted by Crippen LogP contribution is 2.40. The largest absolute Gasteiger partial charge is 0.490 e. The summed E-state index contributed by atoms with van der Waals surface area (Å²) in [6, 6.07) is 0. The quantitative estimate of drug-likeness (QED) is 0.774. The lowest BCUT2D eigenvalue weighted by Gasteiger charge is -2.32. The Bertz CT molecular complexity index is 544. The van der Waals surface area contributed by atoms with Crippen LogP contribution in [-0.2, 0) is 9.31 Å².